The molecule has 148 valence electrons. The summed E-state index contributed by atoms with van der Waals surface area (Å²) in [7, 11) is 0. The number of aryl methyl sites for hydroxylation is 1. The Morgan fingerprint density at radius 2 is 1.79 bits per heavy atom. The van der Waals surface area contributed by atoms with Crippen molar-refractivity contribution in [3.05, 3.63) is 65.5 Å². The zero-order valence-corrected chi connectivity index (χ0v) is 16.5. The summed E-state index contributed by atoms with van der Waals surface area (Å²) in [6.07, 6.45) is 2.30. The monoisotopic (exact) mass is 388 g/mol. The van der Waals surface area contributed by atoms with Gasteiger partial charge in [-0.1, -0.05) is 22.9 Å². The molecule has 6 nitrogen and oxygen atoms in total. The third kappa shape index (κ3) is 3.75. The van der Waals surface area contributed by atoms with E-state index in [2.05, 4.69) is 27.2 Å². The van der Waals surface area contributed by atoms with Gasteiger partial charge in [-0.25, -0.2) is 0 Å². The first-order valence-electron chi connectivity index (χ1n) is 10.2. The van der Waals surface area contributed by atoms with E-state index in [9.17, 15) is 4.79 Å². The molecule has 0 radical (unpaired) electrons. The molecular formula is C23H24N4O2. The maximum Gasteiger partial charge on any atom is 0.253 e. The van der Waals surface area contributed by atoms with Crippen molar-refractivity contribution in [2.45, 2.75) is 25.7 Å². The normalized spacial score (nSPS) is 16.9. The van der Waals surface area contributed by atoms with Crippen LogP contribution in [0.3, 0.4) is 0 Å². The molecule has 1 saturated heterocycles. The summed E-state index contributed by atoms with van der Waals surface area (Å²) in [4.78, 5) is 21.5. The number of hydrogen-bond donors (Lipinski definition) is 0. The standard InChI is InChI=1S/C23H24N4O2/c1-16-3-2-4-19(15-16)23(28)27-13-11-26(12-14-27)20-9-7-17(8-10-20)21-24-22(29-25-21)18-5-6-18/h2-4,7-10,15,18H,5-6,11-14H2,1H3. The molecule has 1 aliphatic heterocycles. The highest BCUT2D eigenvalue weighted by Crippen LogP contribution is 2.39. The Balaban J connectivity index is 1.22. The molecule has 0 bridgehead atoms. The lowest BCUT2D eigenvalue weighted by Crippen LogP contribution is -2.48. The Morgan fingerprint density at radius 1 is 1.03 bits per heavy atom. The molecule has 2 aromatic carbocycles. The molecule has 29 heavy (non-hydrogen) atoms. The highest BCUT2D eigenvalue weighted by molar-refractivity contribution is 5.94. The summed E-state index contributed by atoms with van der Waals surface area (Å²) in [5.41, 5.74) is 4.01. The lowest BCUT2D eigenvalue weighted by molar-refractivity contribution is 0.0746. The van der Waals surface area contributed by atoms with Gasteiger partial charge >= 0.3 is 0 Å². The van der Waals surface area contributed by atoms with E-state index in [0.29, 0.717) is 11.7 Å². The van der Waals surface area contributed by atoms with Gasteiger partial charge in [-0.05, 0) is 56.2 Å². The van der Waals surface area contributed by atoms with Gasteiger partial charge in [0.05, 0.1) is 0 Å². The number of carbonyl (C=O) groups excluding carboxylic acids is 1. The smallest absolute Gasteiger partial charge is 0.253 e. The molecule has 1 aliphatic carbocycles. The molecule has 5 rings (SSSR count). The first-order valence-corrected chi connectivity index (χ1v) is 10.2. The van der Waals surface area contributed by atoms with Crippen LogP contribution in [0.25, 0.3) is 11.4 Å². The van der Waals surface area contributed by atoms with E-state index in [1.165, 1.54) is 0 Å². The van der Waals surface area contributed by atoms with Crippen LogP contribution in [0.15, 0.2) is 53.1 Å². The molecule has 6 heteroatoms. The Labute approximate surface area is 170 Å². The van der Waals surface area contributed by atoms with Crippen molar-refractivity contribution in [2.75, 3.05) is 31.1 Å². The van der Waals surface area contributed by atoms with Crippen LogP contribution >= 0.6 is 0 Å². The number of piperazine rings is 1. The van der Waals surface area contributed by atoms with Crippen LogP contribution < -0.4 is 4.90 Å². The Bertz CT molecular complexity index is 1020. The van der Waals surface area contributed by atoms with Crippen molar-refractivity contribution >= 4 is 11.6 Å². The molecular weight excluding hydrogens is 364 g/mol. The third-order valence-electron chi connectivity index (χ3n) is 5.69. The predicted molar refractivity (Wildman–Crippen MR) is 111 cm³/mol. The number of anilines is 1. The fourth-order valence-electron chi connectivity index (χ4n) is 3.80. The molecule has 1 amide bonds. The number of hydrogen-bond acceptors (Lipinski definition) is 5. The maximum absolute atomic E-state index is 12.7. The van der Waals surface area contributed by atoms with Crippen LogP contribution in [0.4, 0.5) is 5.69 Å². The lowest BCUT2D eigenvalue weighted by atomic mass is 10.1. The summed E-state index contributed by atoms with van der Waals surface area (Å²) < 4.78 is 5.36. The lowest BCUT2D eigenvalue weighted by Gasteiger charge is -2.36. The van der Waals surface area contributed by atoms with Gasteiger partial charge in [0.15, 0.2) is 0 Å². The predicted octanol–water partition coefficient (Wildman–Crippen LogP) is 3.88. The summed E-state index contributed by atoms with van der Waals surface area (Å²) in [5, 5.41) is 4.11. The van der Waals surface area contributed by atoms with Crippen LogP contribution in [0, 0.1) is 6.92 Å². The van der Waals surface area contributed by atoms with Crippen molar-refractivity contribution in [3.8, 4) is 11.4 Å². The van der Waals surface area contributed by atoms with E-state index in [-0.39, 0.29) is 5.91 Å². The van der Waals surface area contributed by atoms with E-state index in [4.69, 9.17) is 4.52 Å². The van der Waals surface area contributed by atoms with Gasteiger partial charge in [0.25, 0.3) is 5.91 Å². The van der Waals surface area contributed by atoms with Gasteiger partial charge in [-0.3, -0.25) is 4.79 Å². The molecule has 3 aromatic rings. The van der Waals surface area contributed by atoms with Crippen molar-refractivity contribution in [1.82, 2.24) is 15.0 Å². The largest absolute Gasteiger partial charge is 0.368 e. The molecule has 2 heterocycles. The topological polar surface area (TPSA) is 62.5 Å². The van der Waals surface area contributed by atoms with Gasteiger partial charge in [-0.15, -0.1) is 0 Å². The van der Waals surface area contributed by atoms with Crippen molar-refractivity contribution < 1.29 is 9.32 Å². The molecule has 0 unspecified atom stereocenters. The molecule has 0 N–H and O–H groups in total. The highest BCUT2D eigenvalue weighted by atomic mass is 16.5. The SMILES string of the molecule is Cc1cccc(C(=O)N2CCN(c3ccc(-c4noc(C5CC5)n4)cc3)CC2)c1. The quantitative estimate of drug-likeness (QED) is 0.679. The Morgan fingerprint density at radius 3 is 2.48 bits per heavy atom. The summed E-state index contributed by atoms with van der Waals surface area (Å²) >= 11 is 0. The van der Waals surface area contributed by atoms with Gasteiger partial charge in [-0.2, -0.15) is 4.98 Å². The molecule has 2 aliphatic rings. The van der Waals surface area contributed by atoms with E-state index in [0.717, 1.165) is 67.3 Å². The minimum Gasteiger partial charge on any atom is -0.368 e. The number of nitrogens with zero attached hydrogens (tertiary/aromatic N) is 4. The summed E-state index contributed by atoms with van der Waals surface area (Å²) in [6.45, 7) is 5.11. The molecule has 1 saturated carbocycles. The summed E-state index contributed by atoms with van der Waals surface area (Å²) in [5.74, 6) is 2.01. The fraction of sp³-hybridized carbons (Fsp3) is 0.348. The van der Waals surface area contributed by atoms with Crippen LogP contribution in [0.1, 0.15) is 40.6 Å². The highest BCUT2D eigenvalue weighted by Gasteiger charge is 2.29. The zero-order chi connectivity index (χ0) is 19.8. The first kappa shape index (κ1) is 17.9. The fourth-order valence-corrected chi connectivity index (χ4v) is 3.80. The molecule has 0 atom stereocenters. The first-order chi connectivity index (χ1) is 14.2. The van der Waals surface area contributed by atoms with Crippen LogP contribution in [-0.4, -0.2) is 47.1 Å². The second-order valence-electron chi connectivity index (χ2n) is 7.93. The number of aromatic nitrogens is 2. The zero-order valence-electron chi connectivity index (χ0n) is 16.5. The minimum atomic E-state index is 0.118. The van der Waals surface area contributed by atoms with Crippen molar-refractivity contribution in [3.63, 3.8) is 0 Å². The van der Waals surface area contributed by atoms with Gasteiger partial charge in [0.1, 0.15) is 0 Å². The van der Waals surface area contributed by atoms with E-state index in [1.54, 1.807) is 0 Å². The molecule has 0 spiro atoms. The Kier molecular flexibility index (Phi) is 4.54. The second-order valence-corrected chi connectivity index (χ2v) is 7.93. The van der Waals surface area contributed by atoms with Gasteiger partial charge < -0.3 is 14.3 Å². The average molecular weight is 388 g/mol. The van der Waals surface area contributed by atoms with Crippen molar-refractivity contribution in [1.29, 1.82) is 0 Å². The molecule has 2 fully saturated rings. The van der Waals surface area contributed by atoms with Crippen LogP contribution in [0.2, 0.25) is 0 Å². The number of rotatable bonds is 4. The van der Waals surface area contributed by atoms with Gasteiger partial charge in [0, 0.05) is 48.9 Å². The maximum atomic E-state index is 12.7. The second kappa shape index (κ2) is 7.35. The molecule has 1 aromatic heterocycles. The van der Waals surface area contributed by atoms with E-state index >= 15 is 0 Å². The average Bonchev–Trinajstić information content (AvgIpc) is 3.50. The number of amides is 1. The van der Waals surface area contributed by atoms with Crippen LogP contribution in [0.5, 0.6) is 0 Å². The number of carbonyl (C=O) groups is 1. The van der Waals surface area contributed by atoms with Gasteiger partial charge in [0.2, 0.25) is 11.7 Å². The minimum absolute atomic E-state index is 0.118. The van der Waals surface area contributed by atoms with Crippen LogP contribution in [-0.2, 0) is 0 Å². The Hall–Kier alpha value is -3.15. The third-order valence-corrected chi connectivity index (χ3v) is 5.69. The number of benzene rings is 2. The van der Waals surface area contributed by atoms with E-state index < -0.39 is 0 Å². The van der Waals surface area contributed by atoms with Crippen molar-refractivity contribution in [2.24, 2.45) is 0 Å². The summed E-state index contributed by atoms with van der Waals surface area (Å²) in [6, 6.07) is 16.1. The van der Waals surface area contributed by atoms with E-state index in [1.807, 2.05) is 48.2 Å².